The third-order valence-corrected chi connectivity index (χ3v) is 3.63. The number of nitrogens with two attached hydrogens (primary N) is 1. The minimum Gasteiger partial charge on any atom is -0.480 e. The number of aromatic nitrogens is 3. The molecule has 1 amide bonds. The molecule has 0 aliphatic carbocycles. The molecule has 11 heteroatoms. The van der Waals surface area contributed by atoms with E-state index in [-0.39, 0.29) is 42.4 Å². The van der Waals surface area contributed by atoms with Gasteiger partial charge in [-0.1, -0.05) is 18.2 Å². The summed E-state index contributed by atoms with van der Waals surface area (Å²) in [5, 5.41) is 29.7. The molecule has 0 fully saturated rings. The molecule has 6 N–H and O–H groups in total. The molecule has 28 heavy (non-hydrogen) atoms. The number of aliphatic hydroxyl groups excluding tert-OH is 2. The third-order valence-electron chi connectivity index (χ3n) is 3.63. The highest BCUT2D eigenvalue weighted by molar-refractivity contribution is 8.93. The van der Waals surface area contributed by atoms with Crippen molar-refractivity contribution in [3.8, 4) is 0 Å². The van der Waals surface area contributed by atoms with Crippen molar-refractivity contribution in [2.24, 2.45) is 5.73 Å². The predicted octanol–water partition coefficient (Wildman–Crippen LogP) is -0.0951. The van der Waals surface area contributed by atoms with Crippen LogP contribution in [0.5, 0.6) is 0 Å². The molecule has 1 aromatic carbocycles. The van der Waals surface area contributed by atoms with Crippen LogP contribution in [0.4, 0.5) is 0 Å². The number of carbonyl (C=O) groups is 2. The zero-order chi connectivity index (χ0) is 20.0. The first kappa shape index (κ1) is 23.4. The molecule has 0 radical (unpaired) electrons. The number of rotatable bonds is 6. The van der Waals surface area contributed by atoms with E-state index >= 15 is 0 Å². The summed E-state index contributed by atoms with van der Waals surface area (Å²) >= 11 is 0. The highest BCUT2D eigenvalue weighted by Crippen LogP contribution is 2.25. The summed E-state index contributed by atoms with van der Waals surface area (Å²) < 4.78 is 1.69. The van der Waals surface area contributed by atoms with Crippen LogP contribution in [0, 0.1) is 0 Å². The SMILES string of the molecule is Br.CNCC(=O)O.NC(=O)c1nc2ccccc2c2c1ncn2CC(O)CO. The summed E-state index contributed by atoms with van der Waals surface area (Å²) in [6.07, 6.45) is 0.593. The summed E-state index contributed by atoms with van der Waals surface area (Å²) in [5.74, 6) is -1.48. The molecule has 0 aliphatic heterocycles. The number of para-hydroxylation sites is 1. The number of imidazole rings is 1. The molecule has 1 unspecified atom stereocenters. The van der Waals surface area contributed by atoms with Crippen LogP contribution in [0.15, 0.2) is 30.6 Å². The maximum Gasteiger partial charge on any atom is 0.317 e. The smallest absolute Gasteiger partial charge is 0.317 e. The first-order valence-electron chi connectivity index (χ1n) is 8.07. The third kappa shape index (κ3) is 5.45. The van der Waals surface area contributed by atoms with Gasteiger partial charge in [-0.15, -0.1) is 17.0 Å². The van der Waals surface area contributed by atoms with Crippen LogP contribution in [0.2, 0.25) is 0 Å². The van der Waals surface area contributed by atoms with Crippen LogP contribution < -0.4 is 11.1 Å². The van der Waals surface area contributed by atoms with Crippen molar-refractivity contribution in [3.05, 3.63) is 36.3 Å². The van der Waals surface area contributed by atoms with E-state index in [0.717, 1.165) is 5.39 Å². The molecule has 0 saturated heterocycles. The van der Waals surface area contributed by atoms with Crippen LogP contribution in [-0.2, 0) is 11.3 Å². The molecule has 152 valence electrons. The van der Waals surface area contributed by atoms with Gasteiger partial charge < -0.3 is 30.9 Å². The number of aliphatic hydroxyl groups is 2. The Kier molecular flexibility index (Phi) is 8.92. The summed E-state index contributed by atoms with van der Waals surface area (Å²) in [5.41, 5.74) is 7.15. The molecule has 1 atom stereocenters. The number of benzene rings is 1. The molecule has 0 spiro atoms. The number of carboxylic acids is 1. The Balaban J connectivity index is 0.000000492. The number of hydrogen-bond donors (Lipinski definition) is 5. The Labute approximate surface area is 170 Å². The van der Waals surface area contributed by atoms with E-state index in [0.29, 0.717) is 16.6 Å². The molecule has 2 heterocycles. The van der Waals surface area contributed by atoms with Crippen LogP contribution >= 0.6 is 17.0 Å². The lowest BCUT2D eigenvalue weighted by Gasteiger charge is -2.11. The number of primary amides is 1. The minimum absolute atomic E-state index is 0. The number of pyridine rings is 1. The molecular formula is C17H22BrN5O5. The number of aliphatic carboxylic acids is 1. The van der Waals surface area contributed by atoms with Crippen LogP contribution in [0.1, 0.15) is 10.5 Å². The van der Waals surface area contributed by atoms with Crippen LogP contribution in [0.3, 0.4) is 0 Å². The summed E-state index contributed by atoms with van der Waals surface area (Å²) in [4.78, 5) is 29.5. The quantitative estimate of drug-likeness (QED) is 0.343. The van der Waals surface area contributed by atoms with Gasteiger partial charge in [0.25, 0.3) is 5.91 Å². The van der Waals surface area contributed by atoms with Gasteiger partial charge in [-0.3, -0.25) is 9.59 Å². The van der Waals surface area contributed by atoms with E-state index in [1.54, 1.807) is 17.7 Å². The van der Waals surface area contributed by atoms with Crippen molar-refractivity contribution in [2.45, 2.75) is 12.6 Å². The number of nitrogens with one attached hydrogen (secondary N) is 1. The van der Waals surface area contributed by atoms with Crippen molar-refractivity contribution >= 4 is 50.8 Å². The molecule has 3 rings (SSSR count). The number of amides is 1. The summed E-state index contributed by atoms with van der Waals surface area (Å²) in [6.45, 7) is -0.148. The Morgan fingerprint density at radius 2 is 2.00 bits per heavy atom. The van der Waals surface area contributed by atoms with Gasteiger partial charge >= 0.3 is 5.97 Å². The normalized spacial score (nSPS) is 11.4. The van der Waals surface area contributed by atoms with Crippen molar-refractivity contribution in [1.29, 1.82) is 0 Å². The first-order chi connectivity index (χ1) is 12.9. The molecular weight excluding hydrogens is 434 g/mol. The Bertz CT molecular complexity index is 962. The number of nitrogens with zero attached hydrogens (tertiary/aromatic N) is 3. The predicted molar refractivity (Wildman–Crippen MR) is 109 cm³/mol. The topological polar surface area (TPSA) is 164 Å². The number of fused-ring (bicyclic) bond motifs is 3. The second-order valence-corrected chi connectivity index (χ2v) is 5.70. The maximum absolute atomic E-state index is 11.6. The molecule has 2 aromatic heterocycles. The van der Waals surface area contributed by atoms with Gasteiger partial charge in [0.15, 0.2) is 5.69 Å². The van der Waals surface area contributed by atoms with Crippen molar-refractivity contribution in [1.82, 2.24) is 19.9 Å². The van der Waals surface area contributed by atoms with Gasteiger partial charge in [-0.25, -0.2) is 9.97 Å². The fourth-order valence-corrected chi connectivity index (χ4v) is 2.53. The van der Waals surface area contributed by atoms with E-state index < -0.39 is 18.0 Å². The summed E-state index contributed by atoms with van der Waals surface area (Å²) in [6, 6.07) is 7.31. The zero-order valence-corrected chi connectivity index (χ0v) is 16.8. The fraction of sp³-hybridized carbons (Fsp3) is 0.294. The Morgan fingerprint density at radius 1 is 1.32 bits per heavy atom. The fourth-order valence-electron chi connectivity index (χ4n) is 2.53. The van der Waals surface area contributed by atoms with E-state index in [9.17, 15) is 14.7 Å². The van der Waals surface area contributed by atoms with E-state index in [1.165, 1.54) is 6.33 Å². The maximum atomic E-state index is 11.6. The average Bonchev–Trinajstić information content (AvgIpc) is 3.05. The molecule has 0 aliphatic rings. The van der Waals surface area contributed by atoms with E-state index in [2.05, 4.69) is 15.3 Å². The average molecular weight is 456 g/mol. The molecule has 3 aromatic rings. The number of carbonyl (C=O) groups excluding carboxylic acids is 1. The first-order valence-corrected chi connectivity index (χ1v) is 8.07. The standard InChI is InChI=1S/C14H14N4O3.C3H7NO2.BrH/c15-14(21)12-11-13(9-3-1-2-4-10(9)17-12)18(7-16-11)5-8(20)6-19;1-4-2-3(5)6;/h1-4,7-8,19-20H,5-6H2,(H2,15,21);4H,2H2,1H3,(H,5,6);1H. The molecule has 0 saturated carbocycles. The van der Waals surface area contributed by atoms with Crippen LogP contribution in [0.25, 0.3) is 21.9 Å². The zero-order valence-electron chi connectivity index (χ0n) is 15.1. The number of halogens is 1. The lowest BCUT2D eigenvalue weighted by Crippen LogP contribution is -2.19. The minimum atomic E-state index is -0.911. The van der Waals surface area contributed by atoms with Crippen molar-refractivity contribution in [2.75, 3.05) is 20.2 Å². The second kappa shape index (κ2) is 10.7. The second-order valence-electron chi connectivity index (χ2n) is 5.70. The van der Waals surface area contributed by atoms with Gasteiger partial charge in [0, 0.05) is 5.39 Å². The van der Waals surface area contributed by atoms with Gasteiger partial charge in [0.1, 0.15) is 5.52 Å². The lowest BCUT2D eigenvalue weighted by atomic mass is 10.1. The van der Waals surface area contributed by atoms with Gasteiger partial charge in [0.05, 0.1) is 43.2 Å². The van der Waals surface area contributed by atoms with Crippen LogP contribution in [-0.4, -0.2) is 68.0 Å². The lowest BCUT2D eigenvalue weighted by molar-refractivity contribution is -0.135. The number of carboxylic acid groups (broad SMARTS) is 1. The van der Waals surface area contributed by atoms with Crippen molar-refractivity contribution in [3.63, 3.8) is 0 Å². The highest BCUT2D eigenvalue weighted by atomic mass is 79.9. The van der Waals surface area contributed by atoms with Gasteiger partial charge in [-0.2, -0.15) is 0 Å². The van der Waals surface area contributed by atoms with Gasteiger partial charge in [0.2, 0.25) is 0 Å². The number of hydrogen-bond acceptors (Lipinski definition) is 7. The van der Waals surface area contributed by atoms with Gasteiger partial charge in [-0.05, 0) is 13.1 Å². The van der Waals surface area contributed by atoms with E-state index in [4.69, 9.17) is 15.9 Å². The Morgan fingerprint density at radius 3 is 2.54 bits per heavy atom. The number of likely N-dealkylation sites (N-methyl/N-ethyl adjacent to an activating group) is 1. The van der Waals surface area contributed by atoms with Crippen molar-refractivity contribution < 1.29 is 24.9 Å². The monoisotopic (exact) mass is 455 g/mol. The summed E-state index contributed by atoms with van der Waals surface area (Å²) in [7, 11) is 1.59. The highest BCUT2D eigenvalue weighted by Gasteiger charge is 2.18. The largest absolute Gasteiger partial charge is 0.480 e. The molecule has 10 nitrogen and oxygen atoms in total. The van der Waals surface area contributed by atoms with E-state index in [1.807, 2.05) is 18.2 Å². The Hall–Kier alpha value is -2.60. The molecule has 0 bridgehead atoms.